The number of carbonyl (C=O) groups excluding carboxylic acids is 1. The molecule has 0 spiro atoms. The molecule has 2 bridgehead atoms. The van der Waals surface area contributed by atoms with Crippen molar-refractivity contribution in [1.29, 1.82) is 0 Å². The van der Waals surface area contributed by atoms with E-state index in [4.69, 9.17) is 0 Å². The molecule has 1 aromatic heterocycles. The van der Waals surface area contributed by atoms with Gasteiger partial charge in [0.05, 0.1) is 11.2 Å². The fourth-order valence-corrected chi connectivity index (χ4v) is 5.94. The molecule has 4 atom stereocenters. The van der Waals surface area contributed by atoms with Crippen molar-refractivity contribution < 1.29 is 4.79 Å². The fourth-order valence-electron chi connectivity index (χ4n) is 4.47. The van der Waals surface area contributed by atoms with Crippen LogP contribution in [0, 0.1) is 17.8 Å². The molecule has 2 saturated carbocycles. The Kier molecular flexibility index (Phi) is 5.13. The molecule has 2 fully saturated rings. The third kappa shape index (κ3) is 3.93. The molecular formula is C20H24N2OS2. The Bertz CT molecular complexity index is 714. The minimum atomic E-state index is 0.0614. The van der Waals surface area contributed by atoms with E-state index in [1.807, 2.05) is 29.8 Å². The van der Waals surface area contributed by atoms with Crippen LogP contribution in [-0.4, -0.2) is 16.9 Å². The largest absolute Gasteiger partial charge is 0.349 e. The summed E-state index contributed by atoms with van der Waals surface area (Å²) in [7, 11) is 0. The van der Waals surface area contributed by atoms with Crippen LogP contribution in [0.2, 0.25) is 0 Å². The van der Waals surface area contributed by atoms with Gasteiger partial charge in [-0.3, -0.25) is 4.79 Å². The lowest BCUT2D eigenvalue weighted by Gasteiger charge is -2.28. The lowest BCUT2D eigenvalue weighted by Crippen LogP contribution is -2.40. The van der Waals surface area contributed by atoms with E-state index in [1.54, 1.807) is 23.1 Å². The van der Waals surface area contributed by atoms with E-state index in [9.17, 15) is 4.79 Å². The van der Waals surface area contributed by atoms with Gasteiger partial charge in [0.1, 0.15) is 0 Å². The summed E-state index contributed by atoms with van der Waals surface area (Å²) < 4.78 is 0. The van der Waals surface area contributed by atoms with Crippen LogP contribution in [0.3, 0.4) is 0 Å². The average Bonchev–Trinajstić information content (AvgIpc) is 3.38. The monoisotopic (exact) mass is 372 g/mol. The zero-order chi connectivity index (χ0) is 17.2. The minimum absolute atomic E-state index is 0.0614. The molecule has 4 rings (SSSR count). The van der Waals surface area contributed by atoms with Gasteiger partial charge >= 0.3 is 0 Å². The highest BCUT2D eigenvalue weighted by Gasteiger charge is 2.42. The normalized spacial score (nSPS) is 25.9. The number of aromatic nitrogens is 1. The Morgan fingerprint density at radius 1 is 1.32 bits per heavy atom. The Morgan fingerprint density at radius 3 is 2.80 bits per heavy atom. The van der Waals surface area contributed by atoms with Crippen LogP contribution in [0.5, 0.6) is 0 Å². The number of fused-ring (bicyclic) bond motifs is 2. The zero-order valence-electron chi connectivity index (χ0n) is 14.5. The van der Waals surface area contributed by atoms with Crippen molar-refractivity contribution in [2.45, 2.75) is 49.3 Å². The Hall–Kier alpha value is -1.33. The Labute approximate surface area is 157 Å². The third-order valence-corrected chi connectivity index (χ3v) is 7.46. The number of rotatable bonds is 6. The molecule has 0 unspecified atom stereocenters. The van der Waals surface area contributed by atoms with E-state index in [0.717, 1.165) is 28.8 Å². The van der Waals surface area contributed by atoms with Gasteiger partial charge in [0.2, 0.25) is 0 Å². The maximum atomic E-state index is 12.5. The second-order valence-electron chi connectivity index (χ2n) is 7.39. The van der Waals surface area contributed by atoms with Crippen molar-refractivity contribution in [2.24, 2.45) is 17.8 Å². The number of amides is 1. The lowest BCUT2D eigenvalue weighted by molar-refractivity contribution is 0.0915. The van der Waals surface area contributed by atoms with Gasteiger partial charge in [0.15, 0.2) is 0 Å². The van der Waals surface area contributed by atoms with Crippen LogP contribution < -0.4 is 5.32 Å². The summed E-state index contributed by atoms with van der Waals surface area (Å²) >= 11 is 3.38. The van der Waals surface area contributed by atoms with Gasteiger partial charge in [0, 0.05) is 27.6 Å². The van der Waals surface area contributed by atoms with Gasteiger partial charge in [-0.2, -0.15) is 0 Å². The van der Waals surface area contributed by atoms with E-state index >= 15 is 0 Å². The second kappa shape index (κ2) is 7.50. The highest BCUT2D eigenvalue weighted by Crippen LogP contribution is 2.49. The van der Waals surface area contributed by atoms with E-state index in [1.165, 1.54) is 30.6 Å². The zero-order valence-corrected chi connectivity index (χ0v) is 16.1. The third-order valence-electron chi connectivity index (χ3n) is 5.78. The summed E-state index contributed by atoms with van der Waals surface area (Å²) in [6.07, 6.45) is 5.45. The van der Waals surface area contributed by atoms with Crippen molar-refractivity contribution in [2.75, 3.05) is 0 Å². The predicted molar refractivity (Wildman–Crippen MR) is 104 cm³/mol. The minimum Gasteiger partial charge on any atom is -0.349 e. The molecule has 1 heterocycles. The van der Waals surface area contributed by atoms with Crippen LogP contribution in [-0.2, 0) is 5.75 Å². The fraction of sp³-hybridized carbons (Fsp3) is 0.500. The SMILES string of the molecule is C[C@@H](NC(=O)c1ccc(SCc2cscn2)cc1)[C@@H]1C[C@H]2CC[C@H]1C2. The topological polar surface area (TPSA) is 42.0 Å². The van der Waals surface area contributed by atoms with Gasteiger partial charge in [-0.25, -0.2) is 4.98 Å². The first-order valence-corrected chi connectivity index (χ1v) is 11.0. The standard InChI is InChI=1S/C20H24N2OS2/c1-13(19-9-14-2-3-16(19)8-14)22-20(23)15-4-6-18(7-5-15)25-11-17-10-24-12-21-17/h4-7,10,12-14,16,19H,2-3,8-9,11H2,1H3,(H,22,23)/t13-,14+,16+,19+/m1/s1. The van der Waals surface area contributed by atoms with E-state index in [-0.39, 0.29) is 11.9 Å². The number of nitrogens with one attached hydrogen (secondary N) is 1. The molecule has 2 aromatic rings. The van der Waals surface area contributed by atoms with E-state index < -0.39 is 0 Å². The molecule has 2 aliphatic rings. The van der Waals surface area contributed by atoms with Crippen molar-refractivity contribution in [1.82, 2.24) is 10.3 Å². The Balaban J connectivity index is 1.31. The van der Waals surface area contributed by atoms with Gasteiger partial charge in [-0.15, -0.1) is 23.1 Å². The van der Waals surface area contributed by atoms with Crippen molar-refractivity contribution >= 4 is 29.0 Å². The first-order valence-electron chi connectivity index (χ1n) is 9.10. The van der Waals surface area contributed by atoms with Crippen LogP contribution in [0.1, 0.15) is 48.7 Å². The number of carbonyl (C=O) groups is 1. The van der Waals surface area contributed by atoms with Crippen LogP contribution >= 0.6 is 23.1 Å². The predicted octanol–water partition coefficient (Wildman–Crippen LogP) is 4.99. The molecular weight excluding hydrogens is 348 g/mol. The molecule has 5 heteroatoms. The summed E-state index contributed by atoms with van der Waals surface area (Å²) in [5.41, 5.74) is 3.73. The highest BCUT2D eigenvalue weighted by atomic mass is 32.2. The van der Waals surface area contributed by atoms with Crippen LogP contribution in [0.25, 0.3) is 0 Å². The van der Waals surface area contributed by atoms with Gasteiger partial charge in [-0.1, -0.05) is 6.42 Å². The molecule has 3 nitrogen and oxygen atoms in total. The molecule has 1 N–H and O–H groups in total. The first kappa shape index (κ1) is 17.1. The van der Waals surface area contributed by atoms with E-state index in [0.29, 0.717) is 5.92 Å². The highest BCUT2D eigenvalue weighted by molar-refractivity contribution is 7.98. The van der Waals surface area contributed by atoms with Gasteiger partial charge in [-0.05, 0) is 68.2 Å². The number of hydrogen-bond donors (Lipinski definition) is 1. The molecule has 1 aromatic carbocycles. The molecule has 2 aliphatic carbocycles. The average molecular weight is 373 g/mol. The van der Waals surface area contributed by atoms with E-state index in [2.05, 4.69) is 22.6 Å². The van der Waals surface area contributed by atoms with Gasteiger partial charge in [0.25, 0.3) is 5.91 Å². The quantitative estimate of drug-likeness (QED) is 0.726. The summed E-state index contributed by atoms with van der Waals surface area (Å²) in [6.45, 7) is 2.18. The number of benzene rings is 1. The molecule has 132 valence electrons. The molecule has 0 aliphatic heterocycles. The summed E-state index contributed by atoms with van der Waals surface area (Å²) in [5, 5.41) is 5.32. The summed E-state index contributed by atoms with van der Waals surface area (Å²) in [5.74, 6) is 3.37. The number of thioether (sulfide) groups is 1. The van der Waals surface area contributed by atoms with Crippen molar-refractivity contribution in [3.63, 3.8) is 0 Å². The lowest BCUT2D eigenvalue weighted by atomic mass is 9.84. The molecule has 0 saturated heterocycles. The number of hydrogen-bond acceptors (Lipinski definition) is 4. The number of nitrogens with zero attached hydrogens (tertiary/aromatic N) is 1. The molecule has 0 radical (unpaired) electrons. The van der Waals surface area contributed by atoms with Crippen molar-refractivity contribution in [3.05, 3.63) is 46.4 Å². The van der Waals surface area contributed by atoms with Crippen LogP contribution in [0.15, 0.2) is 40.1 Å². The van der Waals surface area contributed by atoms with Crippen LogP contribution in [0.4, 0.5) is 0 Å². The first-order chi connectivity index (χ1) is 12.2. The number of thiazole rings is 1. The molecule has 1 amide bonds. The maximum Gasteiger partial charge on any atom is 0.251 e. The maximum absolute atomic E-state index is 12.5. The smallest absolute Gasteiger partial charge is 0.251 e. The Morgan fingerprint density at radius 2 is 2.16 bits per heavy atom. The van der Waals surface area contributed by atoms with Gasteiger partial charge < -0.3 is 5.32 Å². The second-order valence-corrected chi connectivity index (χ2v) is 9.16. The molecule has 25 heavy (non-hydrogen) atoms. The summed E-state index contributed by atoms with van der Waals surface area (Å²) in [6, 6.07) is 8.22. The summed E-state index contributed by atoms with van der Waals surface area (Å²) in [4.78, 5) is 18.0. The van der Waals surface area contributed by atoms with Crippen molar-refractivity contribution in [3.8, 4) is 0 Å².